The molecule has 0 amide bonds. The molecule has 1 unspecified atom stereocenters. The number of esters is 1. The molecular formula is C23H24O6. The summed E-state index contributed by atoms with van der Waals surface area (Å²) in [5.41, 5.74) is 1.25. The standard InChI is InChI=1S/C23H24O6/c1-4-15-7-9-16(10-8-15)28-21-14-27-20-13-17(11-12-18(20)22(21)24)29-19(5-2)23(25)26-6-3/h7-14,19H,4-6H2,1-3H3. The molecule has 3 aromatic rings. The second-order valence-corrected chi connectivity index (χ2v) is 6.45. The summed E-state index contributed by atoms with van der Waals surface area (Å²) in [7, 11) is 0. The maximum absolute atomic E-state index is 12.7. The van der Waals surface area contributed by atoms with Crippen molar-refractivity contribution in [2.24, 2.45) is 0 Å². The Balaban J connectivity index is 1.83. The number of carbonyl (C=O) groups is 1. The molecule has 6 nitrogen and oxygen atoms in total. The van der Waals surface area contributed by atoms with E-state index in [0.29, 0.717) is 28.9 Å². The minimum atomic E-state index is -0.715. The summed E-state index contributed by atoms with van der Waals surface area (Å²) in [4.78, 5) is 24.7. The predicted molar refractivity (Wildman–Crippen MR) is 110 cm³/mol. The third-order valence-corrected chi connectivity index (χ3v) is 4.47. The Hall–Kier alpha value is -3.28. The number of hydrogen-bond acceptors (Lipinski definition) is 6. The maximum Gasteiger partial charge on any atom is 0.347 e. The fourth-order valence-electron chi connectivity index (χ4n) is 2.85. The highest BCUT2D eigenvalue weighted by molar-refractivity contribution is 5.79. The van der Waals surface area contributed by atoms with Crippen LogP contribution in [0.4, 0.5) is 0 Å². The van der Waals surface area contributed by atoms with Gasteiger partial charge in [-0.1, -0.05) is 26.0 Å². The highest BCUT2D eigenvalue weighted by Crippen LogP contribution is 2.25. The van der Waals surface area contributed by atoms with E-state index in [1.54, 1.807) is 25.1 Å². The predicted octanol–water partition coefficient (Wildman–Crippen LogP) is 4.87. The largest absolute Gasteiger partial charge is 0.479 e. The van der Waals surface area contributed by atoms with Crippen LogP contribution in [0, 0.1) is 0 Å². The van der Waals surface area contributed by atoms with Crippen LogP contribution in [0.1, 0.15) is 32.8 Å². The normalized spacial score (nSPS) is 11.8. The lowest BCUT2D eigenvalue weighted by molar-refractivity contribution is -0.151. The van der Waals surface area contributed by atoms with E-state index in [1.165, 1.54) is 11.8 Å². The second-order valence-electron chi connectivity index (χ2n) is 6.45. The Morgan fingerprint density at radius 1 is 1.03 bits per heavy atom. The van der Waals surface area contributed by atoms with Crippen molar-refractivity contribution < 1.29 is 23.4 Å². The summed E-state index contributed by atoms with van der Waals surface area (Å²) in [6.45, 7) is 5.93. The molecule has 0 saturated heterocycles. The maximum atomic E-state index is 12.7. The van der Waals surface area contributed by atoms with Crippen LogP contribution in [-0.2, 0) is 16.0 Å². The Morgan fingerprint density at radius 3 is 2.41 bits per heavy atom. The molecule has 0 radical (unpaired) electrons. The summed E-state index contributed by atoms with van der Waals surface area (Å²) < 4.78 is 22.0. The monoisotopic (exact) mass is 396 g/mol. The zero-order chi connectivity index (χ0) is 20.8. The highest BCUT2D eigenvalue weighted by atomic mass is 16.6. The van der Waals surface area contributed by atoms with Crippen LogP contribution in [0.3, 0.4) is 0 Å². The highest BCUT2D eigenvalue weighted by Gasteiger charge is 2.20. The fraction of sp³-hybridized carbons (Fsp3) is 0.304. The van der Waals surface area contributed by atoms with Gasteiger partial charge in [0.1, 0.15) is 23.3 Å². The number of benzene rings is 2. The van der Waals surface area contributed by atoms with Gasteiger partial charge in [-0.15, -0.1) is 0 Å². The summed E-state index contributed by atoms with van der Waals surface area (Å²) in [6.07, 6.45) is 1.96. The molecule has 0 aliphatic rings. The van der Waals surface area contributed by atoms with E-state index in [4.69, 9.17) is 18.6 Å². The van der Waals surface area contributed by atoms with E-state index in [0.717, 1.165) is 6.42 Å². The molecule has 0 aliphatic heterocycles. The topological polar surface area (TPSA) is 75.0 Å². The molecule has 0 fully saturated rings. The van der Waals surface area contributed by atoms with E-state index in [1.807, 2.05) is 31.2 Å². The van der Waals surface area contributed by atoms with Gasteiger partial charge in [0, 0.05) is 6.07 Å². The molecular weight excluding hydrogens is 372 g/mol. The number of hydrogen-bond donors (Lipinski definition) is 0. The lowest BCUT2D eigenvalue weighted by Crippen LogP contribution is -2.28. The first-order chi connectivity index (χ1) is 14.0. The van der Waals surface area contributed by atoms with Gasteiger partial charge in [0.2, 0.25) is 11.2 Å². The molecule has 152 valence electrons. The van der Waals surface area contributed by atoms with Crippen LogP contribution in [0.2, 0.25) is 0 Å². The molecule has 2 aromatic carbocycles. The van der Waals surface area contributed by atoms with E-state index < -0.39 is 12.1 Å². The first-order valence-electron chi connectivity index (χ1n) is 9.71. The van der Waals surface area contributed by atoms with E-state index >= 15 is 0 Å². The molecule has 0 saturated carbocycles. The zero-order valence-electron chi connectivity index (χ0n) is 16.8. The number of aryl methyl sites for hydroxylation is 1. The third kappa shape index (κ3) is 4.77. The summed E-state index contributed by atoms with van der Waals surface area (Å²) in [5.74, 6) is 0.668. The van der Waals surface area contributed by atoms with Gasteiger partial charge >= 0.3 is 5.97 Å². The molecule has 3 rings (SSSR count). The first kappa shape index (κ1) is 20.5. The third-order valence-electron chi connectivity index (χ3n) is 4.47. The van der Waals surface area contributed by atoms with Crippen molar-refractivity contribution in [3.8, 4) is 17.2 Å². The van der Waals surface area contributed by atoms with Crippen molar-refractivity contribution in [2.45, 2.75) is 39.7 Å². The number of carbonyl (C=O) groups excluding carboxylic acids is 1. The average Bonchev–Trinajstić information content (AvgIpc) is 2.74. The van der Waals surface area contributed by atoms with Gasteiger partial charge in [-0.2, -0.15) is 0 Å². The Kier molecular flexibility index (Phi) is 6.54. The second kappa shape index (κ2) is 9.28. The molecule has 29 heavy (non-hydrogen) atoms. The minimum absolute atomic E-state index is 0.105. The number of rotatable bonds is 8. The molecule has 0 N–H and O–H groups in total. The van der Waals surface area contributed by atoms with Crippen molar-refractivity contribution in [3.05, 3.63) is 64.5 Å². The first-order valence-corrected chi connectivity index (χ1v) is 9.71. The van der Waals surface area contributed by atoms with Crippen LogP contribution >= 0.6 is 0 Å². The SMILES string of the molecule is CCOC(=O)C(CC)Oc1ccc2c(=O)c(Oc3ccc(CC)cc3)coc2c1. The van der Waals surface area contributed by atoms with Crippen LogP contribution in [0.5, 0.6) is 17.2 Å². The van der Waals surface area contributed by atoms with Crippen LogP contribution < -0.4 is 14.9 Å². The molecule has 0 bridgehead atoms. The van der Waals surface area contributed by atoms with Gasteiger partial charge < -0.3 is 18.6 Å². The Labute approximate surface area is 169 Å². The van der Waals surface area contributed by atoms with Gasteiger partial charge in [-0.25, -0.2) is 4.79 Å². The quantitative estimate of drug-likeness (QED) is 0.506. The average molecular weight is 396 g/mol. The number of ether oxygens (including phenoxy) is 3. The van der Waals surface area contributed by atoms with Crippen molar-refractivity contribution in [1.29, 1.82) is 0 Å². The van der Waals surface area contributed by atoms with Crippen molar-refractivity contribution in [1.82, 2.24) is 0 Å². The smallest absolute Gasteiger partial charge is 0.347 e. The molecule has 1 heterocycles. The minimum Gasteiger partial charge on any atom is -0.479 e. The van der Waals surface area contributed by atoms with E-state index in [-0.39, 0.29) is 17.8 Å². The lowest BCUT2D eigenvalue weighted by atomic mass is 10.2. The van der Waals surface area contributed by atoms with Crippen LogP contribution in [0.15, 0.2) is 57.9 Å². The molecule has 1 atom stereocenters. The van der Waals surface area contributed by atoms with Gasteiger partial charge in [0.15, 0.2) is 6.10 Å². The van der Waals surface area contributed by atoms with E-state index in [9.17, 15) is 9.59 Å². The van der Waals surface area contributed by atoms with Crippen LogP contribution in [0.25, 0.3) is 11.0 Å². The van der Waals surface area contributed by atoms with Crippen LogP contribution in [-0.4, -0.2) is 18.7 Å². The molecule has 1 aromatic heterocycles. The van der Waals surface area contributed by atoms with Crippen molar-refractivity contribution in [3.63, 3.8) is 0 Å². The van der Waals surface area contributed by atoms with Gasteiger partial charge in [0.05, 0.1) is 12.0 Å². The van der Waals surface area contributed by atoms with Gasteiger partial charge in [0.25, 0.3) is 0 Å². The van der Waals surface area contributed by atoms with Gasteiger partial charge in [-0.05, 0) is 49.6 Å². The molecule has 0 spiro atoms. The van der Waals surface area contributed by atoms with Crippen molar-refractivity contribution in [2.75, 3.05) is 6.61 Å². The lowest BCUT2D eigenvalue weighted by Gasteiger charge is -2.16. The van der Waals surface area contributed by atoms with Gasteiger partial charge in [-0.3, -0.25) is 4.79 Å². The number of fused-ring (bicyclic) bond motifs is 1. The van der Waals surface area contributed by atoms with Crippen molar-refractivity contribution >= 4 is 16.9 Å². The van der Waals surface area contributed by atoms with E-state index in [2.05, 4.69) is 6.92 Å². The summed E-state index contributed by atoms with van der Waals surface area (Å²) in [6, 6.07) is 12.4. The Morgan fingerprint density at radius 2 is 1.76 bits per heavy atom. The zero-order valence-corrected chi connectivity index (χ0v) is 16.8. The summed E-state index contributed by atoms with van der Waals surface area (Å²) >= 11 is 0. The Bertz CT molecular complexity index is 1040. The summed E-state index contributed by atoms with van der Waals surface area (Å²) in [5, 5.41) is 0.365. The molecule has 6 heteroatoms. The fourth-order valence-corrected chi connectivity index (χ4v) is 2.85. The molecule has 0 aliphatic carbocycles.